The van der Waals surface area contributed by atoms with Gasteiger partial charge >= 0.3 is 0 Å². The van der Waals surface area contributed by atoms with Crippen LogP contribution in [0.4, 0.5) is 21.5 Å². The van der Waals surface area contributed by atoms with Gasteiger partial charge in [-0.25, -0.2) is 9.38 Å². The fourth-order valence-electron chi connectivity index (χ4n) is 2.73. The lowest BCUT2D eigenvalue weighted by molar-refractivity contribution is -0.384. The van der Waals surface area contributed by atoms with Gasteiger partial charge in [-0.15, -0.1) is 0 Å². The molecule has 29 heavy (non-hydrogen) atoms. The number of nitro benzene ring substituents is 1. The van der Waals surface area contributed by atoms with E-state index in [1.807, 2.05) is 0 Å². The maximum atomic E-state index is 13.7. The van der Waals surface area contributed by atoms with Crippen molar-refractivity contribution in [3.05, 3.63) is 64.5 Å². The number of aliphatic imine (C=N–C) groups is 1. The van der Waals surface area contributed by atoms with E-state index in [1.165, 1.54) is 41.3 Å². The Bertz CT molecular complexity index is 998. The second-order valence-corrected chi connectivity index (χ2v) is 7.26. The third-order valence-corrected chi connectivity index (χ3v) is 5.30. The van der Waals surface area contributed by atoms with Crippen LogP contribution in [0.2, 0.25) is 0 Å². The molecule has 1 N–H and O–H groups in total. The molecule has 8 nitrogen and oxygen atoms in total. The number of carbonyl (C=O) groups is 2. The van der Waals surface area contributed by atoms with Crippen molar-refractivity contribution in [3.63, 3.8) is 0 Å². The molecular formula is C19H17FN4O4S. The molecular weight excluding hydrogens is 399 g/mol. The number of nitrogens with zero attached hydrogens (tertiary/aromatic N) is 3. The number of nitrogens with one attached hydrogen (secondary N) is 1. The third-order valence-electron chi connectivity index (χ3n) is 4.12. The molecule has 1 atom stereocenters. The SMILES string of the molecule is CCN1C(=O)C(CC(=O)Nc2ccccc2F)SC1=Nc1cccc([N+](=O)[O-])c1. The van der Waals surface area contributed by atoms with E-state index >= 15 is 0 Å². The summed E-state index contributed by atoms with van der Waals surface area (Å²) in [5, 5.41) is 13.0. The minimum atomic E-state index is -0.709. The maximum absolute atomic E-state index is 13.7. The molecule has 0 bridgehead atoms. The predicted molar refractivity (Wildman–Crippen MR) is 109 cm³/mol. The van der Waals surface area contributed by atoms with Gasteiger partial charge in [0.05, 0.1) is 16.3 Å². The van der Waals surface area contributed by atoms with E-state index in [0.29, 0.717) is 17.4 Å². The Balaban J connectivity index is 1.75. The highest BCUT2D eigenvalue weighted by molar-refractivity contribution is 8.15. The van der Waals surface area contributed by atoms with Crippen molar-refractivity contribution in [2.24, 2.45) is 4.99 Å². The summed E-state index contributed by atoms with van der Waals surface area (Å²) in [6.45, 7) is 2.11. The Labute approximate surface area is 170 Å². The fraction of sp³-hybridized carbons (Fsp3) is 0.211. The molecule has 0 spiro atoms. The Morgan fingerprint density at radius 1 is 1.31 bits per heavy atom. The number of carbonyl (C=O) groups excluding carboxylic acids is 2. The molecule has 3 rings (SSSR count). The Morgan fingerprint density at radius 2 is 2.07 bits per heavy atom. The normalized spacial score (nSPS) is 17.6. The molecule has 0 aliphatic carbocycles. The van der Waals surface area contributed by atoms with Gasteiger partial charge in [-0.05, 0) is 25.1 Å². The van der Waals surface area contributed by atoms with Gasteiger partial charge in [0.25, 0.3) is 5.69 Å². The first-order valence-corrected chi connectivity index (χ1v) is 9.62. The van der Waals surface area contributed by atoms with E-state index in [0.717, 1.165) is 11.8 Å². The van der Waals surface area contributed by atoms with Crippen LogP contribution in [0.1, 0.15) is 13.3 Å². The van der Waals surface area contributed by atoms with E-state index in [4.69, 9.17) is 0 Å². The monoisotopic (exact) mass is 416 g/mol. The standard InChI is InChI=1S/C19H17FN4O4S/c1-2-23-18(26)16(11-17(25)22-15-9-4-3-8-14(15)20)29-19(23)21-12-6-5-7-13(10-12)24(27)28/h3-10,16H,2,11H2,1H3,(H,22,25). The number of anilines is 1. The maximum Gasteiger partial charge on any atom is 0.271 e. The molecule has 0 saturated carbocycles. The zero-order valence-electron chi connectivity index (χ0n) is 15.4. The first-order valence-electron chi connectivity index (χ1n) is 8.74. The predicted octanol–water partition coefficient (Wildman–Crippen LogP) is 3.71. The third kappa shape index (κ3) is 4.77. The van der Waals surface area contributed by atoms with Gasteiger partial charge in [-0.2, -0.15) is 0 Å². The number of hydrogen-bond acceptors (Lipinski definition) is 6. The average molecular weight is 416 g/mol. The van der Waals surface area contributed by atoms with E-state index < -0.39 is 21.9 Å². The number of hydrogen-bond donors (Lipinski definition) is 1. The van der Waals surface area contributed by atoms with Gasteiger partial charge in [0, 0.05) is 25.1 Å². The molecule has 1 unspecified atom stereocenters. The van der Waals surface area contributed by atoms with Crippen LogP contribution in [-0.4, -0.2) is 38.6 Å². The summed E-state index contributed by atoms with van der Waals surface area (Å²) in [7, 11) is 0. The van der Waals surface area contributed by atoms with Gasteiger partial charge in [0.15, 0.2) is 5.17 Å². The van der Waals surface area contributed by atoms with Crippen molar-refractivity contribution >= 4 is 45.8 Å². The summed E-state index contributed by atoms with van der Waals surface area (Å²) >= 11 is 1.11. The number of amides is 2. The van der Waals surface area contributed by atoms with Gasteiger partial charge in [0.2, 0.25) is 11.8 Å². The number of nitro groups is 1. The largest absolute Gasteiger partial charge is 0.324 e. The summed E-state index contributed by atoms with van der Waals surface area (Å²) < 4.78 is 13.7. The van der Waals surface area contributed by atoms with E-state index in [2.05, 4.69) is 10.3 Å². The van der Waals surface area contributed by atoms with Crippen LogP contribution < -0.4 is 5.32 Å². The minimum absolute atomic E-state index is 0.0470. The number of amidine groups is 1. The Kier molecular flexibility index (Phi) is 6.23. The summed E-state index contributed by atoms with van der Waals surface area (Å²) in [4.78, 5) is 41.1. The van der Waals surface area contributed by atoms with Crippen molar-refractivity contribution in [1.82, 2.24) is 4.90 Å². The molecule has 2 aromatic rings. The molecule has 2 aromatic carbocycles. The molecule has 0 radical (unpaired) electrons. The van der Waals surface area contributed by atoms with Crippen LogP contribution in [0.3, 0.4) is 0 Å². The van der Waals surface area contributed by atoms with Crippen molar-refractivity contribution in [2.45, 2.75) is 18.6 Å². The van der Waals surface area contributed by atoms with Crippen LogP contribution in [-0.2, 0) is 9.59 Å². The lowest BCUT2D eigenvalue weighted by Crippen LogP contribution is -2.33. The van der Waals surface area contributed by atoms with Crippen molar-refractivity contribution in [3.8, 4) is 0 Å². The Morgan fingerprint density at radius 3 is 2.76 bits per heavy atom. The fourth-order valence-corrected chi connectivity index (χ4v) is 3.96. The average Bonchev–Trinajstić information content (AvgIpc) is 2.98. The molecule has 1 aliphatic heterocycles. The number of para-hydroxylation sites is 1. The van der Waals surface area contributed by atoms with Crippen molar-refractivity contribution < 1.29 is 18.9 Å². The molecule has 0 aromatic heterocycles. The highest BCUT2D eigenvalue weighted by atomic mass is 32.2. The topological polar surface area (TPSA) is 105 Å². The van der Waals surface area contributed by atoms with Crippen LogP contribution in [0, 0.1) is 15.9 Å². The zero-order chi connectivity index (χ0) is 21.0. The van der Waals surface area contributed by atoms with E-state index in [-0.39, 0.29) is 23.7 Å². The molecule has 10 heteroatoms. The molecule has 1 saturated heterocycles. The molecule has 1 aliphatic rings. The van der Waals surface area contributed by atoms with Crippen LogP contribution >= 0.6 is 11.8 Å². The number of benzene rings is 2. The summed E-state index contributed by atoms with van der Waals surface area (Å²) in [5.74, 6) is -1.34. The minimum Gasteiger partial charge on any atom is -0.324 e. The quantitative estimate of drug-likeness (QED) is 0.571. The van der Waals surface area contributed by atoms with Gasteiger partial charge in [-0.1, -0.05) is 30.0 Å². The molecule has 1 heterocycles. The highest BCUT2D eigenvalue weighted by Crippen LogP contribution is 2.32. The van der Waals surface area contributed by atoms with E-state index in [1.54, 1.807) is 19.1 Å². The van der Waals surface area contributed by atoms with Crippen LogP contribution in [0.15, 0.2) is 53.5 Å². The highest BCUT2D eigenvalue weighted by Gasteiger charge is 2.38. The lowest BCUT2D eigenvalue weighted by Gasteiger charge is -2.13. The smallest absolute Gasteiger partial charge is 0.271 e. The summed E-state index contributed by atoms with van der Waals surface area (Å²) in [5.41, 5.74) is 0.278. The number of non-ortho nitro benzene ring substituents is 1. The van der Waals surface area contributed by atoms with Gasteiger partial charge in [-0.3, -0.25) is 24.6 Å². The van der Waals surface area contributed by atoms with E-state index in [9.17, 15) is 24.1 Å². The number of rotatable bonds is 6. The summed E-state index contributed by atoms with van der Waals surface area (Å²) in [6.07, 6.45) is -0.151. The second kappa shape index (κ2) is 8.82. The Hall–Kier alpha value is -3.27. The lowest BCUT2D eigenvalue weighted by atomic mass is 10.2. The van der Waals surface area contributed by atoms with Crippen molar-refractivity contribution in [2.75, 3.05) is 11.9 Å². The zero-order valence-corrected chi connectivity index (χ0v) is 16.2. The second-order valence-electron chi connectivity index (χ2n) is 6.09. The van der Waals surface area contributed by atoms with Gasteiger partial charge in [0.1, 0.15) is 11.1 Å². The van der Waals surface area contributed by atoms with Crippen LogP contribution in [0.5, 0.6) is 0 Å². The van der Waals surface area contributed by atoms with Crippen LogP contribution in [0.25, 0.3) is 0 Å². The molecule has 150 valence electrons. The van der Waals surface area contributed by atoms with Gasteiger partial charge < -0.3 is 5.32 Å². The number of halogens is 1. The summed E-state index contributed by atoms with van der Waals surface area (Å²) in [6, 6.07) is 11.5. The molecule has 2 amide bonds. The van der Waals surface area contributed by atoms with Crippen molar-refractivity contribution in [1.29, 1.82) is 0 Å². The number of thioether (sulfide) groups is 1. The first-order chi connectivity index (χ1) is 13.9. The molecule has 1 fully saturated rings. The first kappa shape index (κ1) is 20.5.